The third-order valence-corrected chi connectivity index (χ3v) is 3.46. The van der Waals surface area contributed by atoms with Crippen molar-refractivity contribution in [1.29, 1.82) is 0 Å². The molecule has 20 heavy (non-hydrogen) atoms. The van der Waals surface area contributed by atoms with E-state index in [1.807, 2.05) is 32.2 Å². The van der Waals surface area contributed by atoms with E-state index >= 15 is 0 Å². The Labute approximate surface area is 119 Å². The lowest BCUT2D eigenvalue weighted by molar-refractivity contribution is -0.138. The highest BCUT2D eigenvalue weighted by Gasteiger charge is 2.24. The molecule has 110 valence electrons. The summed E-state index contributed by atoms with van der Waals surface area (Å²) in [7, 11) is 3.63. The van der Waals surface area contributed by atoms with Crippen molar-refractivity contribution in [3.63, 3.8) is 0 Å². The van der Waals surface area contributed by atoms with E-state index in [4.69, 9.17) is 9.47 Å². The number of carbonyl (C=O) groups excluding carboxylic acids is 1. The molecule has 0 bridgehead atoms. The predicted molar refractivity (Wildman–Crippen MR) is 76.8 cm³/mol. The molecule has 1 aromatic rings. The van der Waals surface area contributed by atoms with Gasteiger partial charge in [0.05, 0.1) is 13.7 Å². The Morgan fingerprint density at radius 2 is 2.35 bits per heavy atom. The first-order chi connectivity index (χ1) is 9.60. The van der Waals surface area contributed by atoms with Crippen molar-refractivity contribution in [2.45, 2.75) is 19.6 Å². The summed E-state index contributed by atoms with van der Waals surface area (Å²) in [5.74, 6) is 0.728. The number of rotatable bonds is 4. The maximum Gasteiger partial charge on any atom is 0.250 e. The molecule has 0 saturated carbocycles. The van der Waals surface area contributed by atoms with Crippen LogP contribution in [0.2, 0.25) is 0 Å². The fourth-order valence-electron chi connectivity index (χ4n) is 2.23. The van der Waals surface area contributed by atoms with E-state index in [0.29, 0.717) is 19.7 Å². The van der Waals surface area contributed by atoms with Gasteiger partial charge in [0.15, 0.2) is 0 Å². The Kier molecular flexibility index (Phi) is 4.98. The van der Waals surface area contributed by atoms with Gasteiger partial charge in [0.1, 0.15) is 11.9 Å². The third-order valence-electron chi connectivity index (χ3n) is 3.46. The van der Waals surface area contributed by atoms with Gasteiger partial charge in [-0.1, -0.05) is 12.1 Å². The molecule has 1 fully saturated rings. The molecule has 1 aliphatic heterocycles. The second-order valence-electron chi connectivity index (χ2n) is 5.15. The summed E-state index contributed by atoms with van der Waals surface area (Å²) < 4.78 is 10.8. The van der Waals surface area contributed by atoms with Gasteiger partial charge in [0, 0.05) is 25.2 Å². The van der Waals surface area contributed by atoms with Crippen LogP contribution >= 0.6 is 0 Å². The van der Waals surface area contributed by atoms with E-state index in [2.05, 4.69) is 10.2 Å². The lowest BCUT2D eigenvalue weighted by Gasteiger charge is -2.29. The topological polar surface area (TPSA) is 50.8 Å². The monoisotopic (exact) mass is 278 g/mol. The van der Waals surface area contributed by atoms with Gasteiger partial charge in [-0.3, -0.25) is 4.79 Å². The zero-order valence-corrected chi connectivity index (χ0v) is 12.3. The van der Waals surface area contributed by atoms with E-state index < -0.39 is 0 Å². The highest BCUT2D eigenvalue weighted by Crippen LogP contribution is 2.19. The van der Waals surface area contributed by atoms with Crippen molar-refractivity contribution in [3.8, 4) is 5.75 Å². The van der Waals surface area contributed by atoms with Crippen molar-refractivity contribution in [3.05, 3.63) is 29.3 Å². The van der Waals surface area contributed by atoms with E-state index in [1.54, 1.807) is 7.11 Å². The van der Waals surface area contributed by atoms with Crippen LogP contribution < -0.4 is 10.1 Å². The predicted octanol–water partition coefficient (Wildman–Crippen LogP) is 0.950. The number of hydrogen-bond acceptors (Lipinski definition) is 4. The molecule has 1 heterocycles. The molecular weight excluding hydrogens is 256 g/mol. The molecule has 1 aliphatic rings. The van der Waals surface area contributed by atoms with Crippen molar-refractivity contribution < 1.29 is 14.3 Å². The Morgan fingerprint density at radius 3 is 3.05 bits per heavy atom. The van der Waals surface area contributed by atoms with E-state index in [1.165, 1.54) is 0 Å². The van der Waals surface area contributed by atoms with Gasteiger partial charge in [0.2, 0.25) is 0 Å². The van der Waals surface area contributed by atoms with Gasteiger partial charge in [-0.05, 0) is 25.6 Å². The average molecular weight is 278 g/mol. The third kappa shape index (κ3) is 3.71. The van der Waals surface area contributed by atoms with Crippen LogP contribution in [-0.2, 0) is 16.1 Å². The lowest BCUT2D eigenvalue weighted by atomic mass is 10.1. The average Bonchev–Trinajstić information content (AvgIpc) is 2.45. The Hall–Kier alpha value is -1.59. The van der Waals surface area contributed by atoms with Crippen LogP contribution in [-0.4, -0.2) is 50.8 Å². The van der Waals surface area contributed by atoms with Crippen molar-refractivity contribution in [1.82, 2.24) is 10.2 Å². The number of benzene rings is 1. The lowest BCUT2D eigenvalue weighted by Crippen LogP contribution is -2.48. The summed E-state index contributed by atoms with van der Waals surface area (Å²) in [5, 5.41) is 2.91. The normalized spacial score (nSPS) is 19.6. The first-order valence-corrected chi connectivity index (χ1v) is 6.81. The highest BCUT2D eigenvalue weighted by atomic mass is 16.5. The van der Waals surface area contributed by atoms with Crippen LogP contribution in [0.4, 0.5) is 0 Å². The molecule has 0 spiro atoms. The molecular formula is C15H22N2O3. The van der Waals surface area contributed by atoms with Crippen LogP contribution in [0.15, 0.2) is 18.2 Å². The van der Waals surface area contributed by atoms with Gasteiger partial charge in [-0.2, -0.15) is 0 Å². The maximum absolute atomic E-state index is 12.1. The Morgan fingerprint density at radius 1 is 1.55 bits per heavy atom. The highest BCUT2D eigenvalue weighted by molar-refractivity contribution is 5.81. The molecule has 0 unspecified atom stereocenters. The minimum absolute atomic E-state index is 0.0702. The minimum atomic E-state index is -0.384. The first kappa shape index (κ1) is 14.8. The Balaban J connectivity index is 1.93. The van der Waals surface area contributed by atoms with Gasteiger partial charge in [-0.25, -0.2) is 0 Å². The van der Waals surface area contributed by atoms with Gasteiger partial charge < -0.3 is 19.7 Å². The fraction of sp³-hybridized carbons (Fsp3) is 0.533. The largest absolute Gasteiger partial charge is 0.496 e. The van der Waals surface area contributed by atoms with Crippen molar-refractivity contribution in [2.24, 2.45) is 0 Å². The number of nitrogens with zero attached hydrogens (tertiary/aromatic N) is 1. The fourth-order valence-corrected chi connectivity index (χ4v) is 2.23. The number of hydrogen-bond donors (Lipinski definition) is 1. The molecule has 2 rings (SSSR count). The van der Waals surface area contributed by atoms with Gasteiger partial charge in [0.25, 0.3) is 5.91 Å². The summed E-state index contributed by atoms with van der Waals surface area (Å²) in [6.45, 7) is 4.57. The zero-order valence-electron chi connectivity index (χ0n) is 12.3. The molecule has 5 nitrogen and oxygen atoms in total. The molecule has 1 amide bonds. The Bertz CT molecular complexity index is 476. The molecule has 1 saturated heterocycles. The van der Waals surface area contributed by atoms with E-state index in [0.717, 1.165) is 23.4 Å². The summed E-state index contributed by atoms with van der Waals surface area (Å²) in [4.78, 5) is 14.2. The number of ether oxygens (including phenoxy) is 2. The zero-order chi connectivity index (χ0) is 14.5. The van der Waals surface area contributed by atoms with Crippen LogP contribution in [0.25, 0.3) is 0 Å². The molecule has 5 heteroatoms. The SMILES string of the molecule is COc1cc(C)ccc1CNC(=O)[C@@H]1CN(C)CCO1. The molecule has 0 radical (unpaired) electrons. The van der Waals surface area contributed by atoms with E-state index in [-0.39, 0.29) is 12.0 Å². The van der Waals surface area contributed by atoms with Crippen LogP contribution in [0, 0.1) is 6.92 Å². The molecule has 0 aromatic heterocycles. The number of nitrogens with one attached hydrogen (secondary N) is 1. The number of methoxy groups -OCH3 is 1. The van der Waals surface area contributed by atoms with Gasteiger partial charge in [-0.15, -0.1) is 0 Å². The second kappa shape index (κ2) is 6.72. The van der Waals surface area contributed by atoms with E-state index in [9.17, 15) is 4.79 Å². The molecule has 0 aliphatic carbocycles. The van der Waals surface area contributed by atoms with Crippen LogP contribution in [0.5, 0.6) is 5.75 Å². The summed E-state index contributed by atoms with van der Waals surface area (Å²) >= 11 is 0. The van der Waals surface area contributed by atoms with Crippen molar-refractivity contribution in [2.75, 3.05) is 33.9 Å². The molecule has 1 aromatic carbocycles. The van der Waals surface area contributed by atoms with Crippen LogP contribution in [0.3, 0.4) is 0 Å². The number of likely N-dealkylation sites (N-methyl/N-ethyl adjacent to an activating group) is 1. The summed E-state index contributed by atoms with van der Waals surface area (Å²) in [6, 6.07) is 5.95. The second-order valence-corrected chi connectivity index (χ2v) is 5.15. The number of amides is 1. The quantitative estimate of drug-likeness (QED) is 0.891. The van der Waals surface area contributed by atoms with Gasteiger partial charge >= 0.3 is 0 Å². The molecule has 1 N–H and O–H groups in total. The maximum atomic E-state index is 12.1. The van der Waals surface area contributed by atoms with Crippen molar-refractivity contribution >= 4 is 5.91 Å². The minimum Gasteiger partial charge on any atom is -0.496 e. The summed E-state index contributed by atoms with van der Waals surface area (Å²) in [5.41, 5.74) is 2.10. The summed E-state index contributed by atoms with van der Waals surface area (Å²) in [6.07, 6.45) is -0.384. The number of morpholine rings is 1. The smallest absolute Gasteiger partial charge is 0.250 e. The number of carbonyl (C=O) groups is 1. The number of aryl methyl sites for hydroxylation is 1. The molecule has 1 atom stereocenters. The van der Waals surface area contributed by atoms with Crippen LogP contribution in [0.1, 0.15) is 11.1 Å². The standard InChI is InChI=1S/C15H22N2O3/c1-11-4-5-12(13(8-11)19-3)9-16-15(18)14-10-17(2)6-7-20-14/h4-5,8,14H,6-7,9-10H2,1-3H3,(H,16,18)/t14-/m0/s1. The first-order valence-electron chi connectivity index (χ1n) is 6.81.